The summed E-state index contributed by atoms with van der Waals surface area (Å²) in [7, 11) is -4.23. The molecule has 2 rings (SSSR count). The predicted octanol–water partition coefficient (Wildman–Crippen LogP) is 1.58. The van der Waals surface area contributed by atoms with Gasteiger partial charge in [-0.25, -0.2) is 14.0 Å². The van der Waals surface area contributed by atoms with Crippen LogP contribution in [-0.2, 0) is 4.57 Å². The summed E-state index contributed by atoms with van der Waals surface area (Å²) in [6.45, 7) is -0.355. The fourth-order valence-electron chi connectivity index (χ4n) is 1.50. The second kappa shape index (κ2) is 7.81. The highest BCUT2D eigenvalue weighted by atomic mass is 79.9. The summed E-state index contributed by atoms with van der Waals surface area (Å²) < 4.78 is 33.7. The Morgan fingerprint density at radius 2 is 2.21 bits per heavy atom. The molecule has 0 unspecified atom stereocenters. The Kier molecular flexibility index (Phi) is 6.02. The van der Waals surface area contributed by atoms with Gasteiger partial charge in [0.15, 0.2) is 5.84 Å². The van der Waals surface area contributed by atoms with Gasteiger partial charge in [-0.15, -0.1) is 0 Å². The average Bonchev–Trinajstić information content (AvgIpc) is 2.95. The molecule has 0 spiro atoms. The van der Waals surface area contributed by atoms with Gasteiger partial charge >= 0.3 is 7.60 Å². The lowest BCUT2D eigenvalue weighted by Crippen LogP contribution is -2.21. The second-order valence-electron chi connectivity index (χ2n) is 4.33. The number of aromatic nitrogens is 2. The standard InChI is InChI=1S/C11H11BrFN4O6P/c12-7-5-6(1-2-8(7)13)14-10(15-18)9-11(17-23-16-9)22-3-4-24(19,20)21/h1-2,5,18H,3-4H2,(H,14,15)(H2,19,20,21). The average molecular weight is 425 g/mol. The molecule has 0 aliphatic heterocycles. The van der Waals surface area contributed by atoms with Gasteiger partial charge in [0.1, 0.15) is 12.4 Å². The molecule has 130 valence electrons. The largest absolute Gasteiger partial charge is 0.473 e. The van der Waals surface area contributed by atoms with Crippen molar-refractivity contribution in [2.75, 3.05) is 12.8 Å². The number of halogens is 2. The van der Waals surface area contributed by atoms with E-state index in [0.717, 1.165) is 6.07 Å². The summed E-state index contributed by atoms with van der Waals surface area (Å²) in [6, 6.07) is 3.87. The molecule has 0 saturated carbocycles. The molecule has 1 aromatic carbocycles. The van der Waals surface area contributed by atoms with Crippen molar-refractivity contribution in [3.8, 4) is 5.88 Å². The van der Waals surface area contributed by atoms with Gasteiger partial charge in [0.05, 0.1) is 16.3 Å². The normalized spacial score (nSPS) is 12.3. The zero-order valence-electron chi connectivity index (χ0n) is 11.8. The van der Waals surface area contributed by atoms with Gasteiger partial charge in [-0.3, -0.25) is 15.3 Å². The van der Waals surface area contributed by atoms with Gasteiger partial charge < -0.3 is 14.5 Å². The molecule has 10 nitrogen and oxygen atoms in total. The van der Waals surface area contributed by atoms with Crippen LogP contribution in [0.4, 0.5) is 10.1 Å². The summed E-state index contributed by atoms with van der Waals surface area (Å²) in [5.41, 5.74) is 1.91. The van der Waals surface area contributed by atoms with Gasteiger partial charge in [0, 0.05) is 0 Å². The number of aliphatic imine (C=N–C) groups is 1. The van der Waals surface area contributed by atoms with Crippen LogP contribution in [0.2, 0.25) is 0 Å². The minimum Gasteiger partial charge on any atom is -0.473 e. The van der Waals surface area contributed by atoms with Crippen molar-refractivity contribution in [2.24, 2.45) is 4.99 Å². The highest BCUT2D eigenvalue weighted by molar-refractivity contribution is 9.10. The van der Waals surface area contributed by atoms with Crippen molar-refractivity contribution in [2.45, 2.75) is 0 Å². The van der Waals surface area contributed by atoms with Gasteiger partial charge in [-0.2, -0.15) is 0 Å². The number of ether oxygens (including phenoxy) is 1. The van der Waals surface area contributed by atoms with Gasteiger partial charge in [0.25, 0.3) is 5.88 Å². The zero-order valence-corrected chi connectivity index (χ0v) is 14.2. The first-order chi connectivity index (χ1) is 11.3. The Morgan fingerprint density at radius 3 is 2.83 bits per heavy atom. The van der Waals surface area contributed by atoms with Crippen molar-refractivity contribution < 1.29 is 33.3 Å². The molecular weight excluding hydrogens is 414 g/mol. The minimum atomic E-state index is -4.23. The van der Waals surface area contributed by atoms with E-state index in [9.17, 15) is 14.2 Å². The lowest BCUT2D eigenvalue weighted by Gasteiger charge is -2.06. The third kappa shape index (κ3) is 5.08. The van der Waals surface area contributed by atoms with Gasteiger partial charge in [-0.05, 0) is 44.4 Å². The summed E-state index contributed by atoms with van der Waals surface area (Å²) in [5.74, 6) is -0.942. The van der Waals surface area contributed by atoms with Crippen LogP contribution in [0.5, 0.6) is 5.88 Å². The number of benzene rings is 1. The Balaban J connectivity index is 2.21. The summed E-state index contributed by atoms with van der Waals surface area (Å²) in [4.78, 5) is 21.6. The van der Waals surface area contributed by atoms with Crippen molar-refractivity contribution >= 4 is 35.0 Å². The fourth-order valence-corrected chi connectivity index (χ4v) is 2.19. The summed E-state index contributed by atoms with van der Waals surface area (Å²) >= 11 is 3.00. The van der Waals surface area contributed by atoms with E-state index in [1.54, 1.807) is 5.48 Å². The molecular formula is C11H11BrFN4O6P. The van der Waals surface area contributed by atoms with Crippen molar-refractivity contribution in [1.29, 1.82) is 0 Å². The molecule has 13 heteroatoms. The molecule has 0 radical (unpaired) electrons. The molecule has 0 atom stereocenters. The molecule has 24 heavy (non-hydrogen) atoms. The molecule has 0 fully saturated rings. The Hall–Kier alpha value is -1.85. The Morgan fingerprint density at radius 1 is 1.46 bits per heavy atom. The lowest BCUT2D eigenvalue weighted by atomic mass is 10.3. The first kappa shape index (κ1) is 18.5. The van der Waals surface area contributed by atoms with E-state index in [0.29, 0.717) is 0 Å². The van der Waals surface area contributed by atoms with Crippen LogP contribution >= 0.6 is 23.5 Å². The molecule has 0 aliphatic rings. The minimum absolute atomic E-state index is 0.136. The van der Waals surface area contributed by atoms with E-state index < -0.39 is 19.6 Å². The number of nitrogens with one attached hydrogen (secondary N) is 1. The maximum absolute atomic E-state index is 13.2. The molecule has 0 amide bonds. The Bertz CT molecular complexity index is 795. The monoisotopic (exact) mass is 424 g/mol. The lowest BCUT2D eigenvalue weighted by molar-refractivity contribution is 0.233. The maximum atomic E-state index is 13.2. The molecule has 2 aromatic rings. The van der Waals surface area contributed by atoms with Crippen LogP contribution in [0.15, 0.2) is 32.3 Å². The number of hydrogen-bond donors (Lipinski definition) is 4. The summed E-state index contributed by atoms with van der Waals surface area (Å²) in [5, 5.41) is 16.1. The number of hydrogen-bond acceptors (Lipinski definition) is 7. The number of hydroxylamine groups is 1. The quantitative estimate of drug-likeness (QED) is 0.234. The van der Waals surface area contributed by atoms with Crippen LogP contribution in [0, 0.1) is 5.82 Å². The predicted molar refractivity (Wildman–Crippen MR) is 81.9 cm³/mol. The van der Waals surface area contributed by atoms with Crippen molar-refractivity contribution in [3.05, 3.63) is 34.2 Å². The highest BCUT2D eigenvalue weighted by Gasteiger charge is 2.20. The van der Waals surface area contributed by atoms with E-state index in [1.165, 1.54) is 12.1 Å². The molecule has 4 N–H and O–H groups in total. The van der Waals surface area contributed by atoms with E-state index in [4.69, 9.17) is 14.5 Å². The summed E-state index contributed by atoms with van der Waals surface area (Å²) in [6.07, 6.45) is -0.538. The molecule has 0 saturated heterocycles. The fraction of sp³-hybridized carbons (Fsp3) is 0.182. The van der Waals surface area contributed by atoms with Gasteiger partial charge in [-0.1, -0.05) is 0 Å². The third-order valence-corrected chi connectivity index (χ3v) is 3.93. The SMILES string of the molecule is O=P(O)(O)CCOc1nonc1C(=Nc1ccc(F)c(Br)c1)NO. The zero-order chi connectivity index (χ0) is 17.7. The van der Waals surface area contributed by atoms with Crippen LogP contribution in [0.3, 0.4) is 0 Å². The molecule has 0 bridgehead atoms. The topological polar surface area (TPSA) is 150 Å². The number of nitrogens with zero attached hydrogens (tertiary/aromatic N) is 3. The first-order valence-electron chi connectivity index (χ1n) is 6.24. The third-order valence-electron chi connectivity index (χ3n) is 2.55. The van der Waals surface area contributed by atoms with Crippen LogP contribution in [0.1, 0.15) is 5.69 Å². The maximum Gasteiger partial charge on any atom is 0.328 e. The van der Waals surface area contributed by atoms with E-state index in [2.05, 4.69) is 35.9 Å². The van der Waals surface area contributed by atoms with Crippen LogP contribution in [0.25, 0.3) is 0 Å². The van der Waals surface area contributed by atoms with E-state index in [-0.39, 0.29) is 34.2 Å². The molecule has 0 aliphatic carbocycles. The van der Waals surface area contributed by atoms with Crippen LogP contribution in [-0.4, -0.2) is 43.9 Å². The molecule has 1 heterocycles. The smallest absolute Gasteiger partial charge is 0.328 e. The first-order valence-corrected chi connectivity index (χ1v) is 8.83. The number of rotatable bonds is 6. The van der Waals surface area contributed by atoms with Crippen molar-refractivity contribution in [1.82, 2.24) is 15.8 Å². The van der Waals surface area contributed by atoms with Gasteiger partial charge in [0.2, 0.25) is 5.69 Å². The second-order valence-corrected chi connectivity index (χ2v) is 6.96. The highest BCUT2D eigenvalue weighted by Crippen LogP contribution is 2.33. The van der Waals surface area contributed by atoms with E-state index in [1.807, 2.05) is 0 Å². The van der Waals surface area contributed by atoms with Crippen LogP contribution < -0.4 is 10.2 Å². The Labute approximate surface area is 142 Å². The van der Waals surface area contributed by atoms with E-state index >= 15 is 0 Å². The molecule has 1 aromatic heterocycles. The number of amidine groups is 1. The van der Waals surface area contributed by atoms with Crippen molar-refractivity contribution in [3.63, 3.8) is 0 Å².